The van der Waals surface area contributed by atoms with Gasteiger partial charge in [-0.25, -0.2) is 8.78 Å². The minimum absolute atomic E-state index is 0.446. The van der Waals surface area contributed by atoms with Gasteiger partial charge >= 0.3 is 6.61 Å². The van der Waals surface area contributed by atoms with Crippen molar-refractivity contribution in [3.8, 4) is 16.9 Å². The Bertz CT molecular complexity index is 765. The number of halogens is 4. The van der Waals surface area contributed by atoms with Crippen molar-refractivity contribution in [3.63, 3.8) is 0 Å². The van der Waals surface area contributed by atoms with Crippen LogP contribution in [0.2, 0.25) is 0 Å². The van der Waals surface area contributed by atoms with Crippen LogP contribution >= 0.6 is 0 Å². The summed E-state index contributed by atoms with van der Waals surface area (Å²) in [5.74, 6) is -0.00868. The Hall–Kier alpha value is -2.04. The lowest BCUT2D eigenvalue weighted by atomic mass is 9.77. The second-order valence-electron chi connectivity index (χ2n) is 8.08. The van der Waals surface area contributed by atoms with E-state index in [0.717, 1.165) is 31.2 Å². The summed E-state index contributed by atoms with van der Waals surface area (Å²) in [7, 11) is 0. The van der Waals surface area contributed by atoms with Crippen LogP contribution in [0.5, 0.6) is 5.75 Å². The summed E-state index contributed by atoms with van der Waals surface area (Å²) in [6, 6.07) is 12.1. The van der Waals surface area contributed by atoms with Gasteiger partial charge in [0.25, 0.3) is 0 Å². The summed E-state index contributed by atoms with van der Waals surface area (Å²) in [4.78, 5) is 0. The number of ether oxygens (including phenoxy) is 1. The molecule has 1 fully saturated rings. The molecule has 2 aromatic carbocycles. The third-order valence-corrected chi connectivity index (χ3v) is 5.92. The van der Waals surface area contributed by atoms with Crippen LogP contribution in [-0.2, 0) is 0 Å². The van der Waals surface area contributed by atoms with E-state index in [0.29, 0.717) is 23.8 Å². The summed E-state index contributed by atoms with van der Waals surface area (Å²) < 4.78 is 55.6. The number of hydrogen-bond donors (Lipinski definition) is 0. The average Bonchev–Trinajstić information content (AvgIpc) is 2.70. The highest BCUT2D eigenvalue weighted by Gasteiger charge is 2.22. The van der Waals surface area contributed by atoms with E-state index in [2.05, 4.69) is 16.9 Å². The van der Waals surface area contributed by atoms with Crippen LogP contribution in [0.15, 0.2) is 42.5 Å². The largest absolute Gasteiger partial charge is 0.432 e. The van der Waals surface area contributed by atoms with Crippen molar-refractivity contribution in [1.82, 2.24) is 0 Å². The van der Waals surface area contributed by atoms with Gasteiger partial charge in [-0.3, -0.25) is 0 Å². The van der Waals surface area contributed by atoms with Crippen molar-refractivity contribution >= 4 is 0 Å². The van der Waals surface area contributed by atoms with E-state index in [-0.39, 0.29) is 0 Å². The topological polar surface area (TPSA) is 9.23 Å². The van der Waals surface area contributed by atoms with Gasteiger partial charge in [0.1, 0.15) is 0 Å². The monoisotopic (exact) mass is 408 g/mol. The van der Waals surface area contributed by atoms with Crippen molar-refractivity contribution in [2.75, 3.05) is 0 Å². The molecular formula is C24H28F4O. The summed E-state index contributed by atoms with van der Waals surface area (Å²) in [6.07, 6.45) is 6.71. The van der Waals surface area contributed by atoms with Crippen LogP contribution in [0.3, 0.4) is 0 Å². The number of alkyl halides is 3. The Kier molecular flexibility index (Phi) is 7.57. The maximum absolute atomic E-state index is 14.0. The molecule has 5 heteroatoms. The number of rotatable bonds is 8. The zero-order valence-corrected chi connectivity index (χ0v) is 16.7. The normalized spacial score (nSPS) is 20.6. The van der Waals surface area contributed by atoms with Gasteiger partial charge in [-0.05, 0) is 79.7 Å². The lowest BCUT2D eigenvalue weighted by molar-refractivity contribution is -0.0521. The van der Waals surface area contributed by atoms with Crippen LogP contribution in [-0.4, -0.2) is 12.8 Å². The highest BCUT2D eigenvalue weighted by Crippen LogP contribution is 2.38. The fourth-order valence-corrected chi connectivity index (χ4v) is 4.29. The molecule has 158 valence electrons. The van der Waals surface area contributed by atoms with E-state index >= 15 is 0 Å². The first-order chi connectivity index (χ1) is 13.9. The fourth-order valence-electron chi connectivity index (χ4n) is 4.29. The van der Waals surface area contributed by atoms with Gasteiger partial charge in [-0.15, -0.1) is 0 Å². The van der Waals surface area contributed by atoms with Crippen molar-refractivity contribution in [2.24, 2.45) is 5.92 Å². The first-order valence-electron chi connectivity index (χ1n) is 10.4. The molecule has 0 aromatic heterocycles. The molecule has 3 rings (SSSR count). The van der Waals surface area contributed by atoms with Crippen molar-refractivity contribution in [3.05, 3.63) is 53.8 Å². The Labute approximate surface area is 170 Å². The molecule has 1 saturated carbocycles. The second-order valence-corrected chi connectivity index (χ2v) is 8.08. The summed E-state index contributed by atoms with van der Waals surface area (Å²) >= 11 is 0. The van der Waals surface area contributed by atoms with Gasteiger partial charge in [0.2, 0.25) is 0 Å². The minimum Gasteiger partial charge on any atom is -0.432 e. The molecule has 1 aliphatic carbocycles. The van der Waals surface area contributed by atoms with E-state index in [4.69, 9.17) is 0 Å². The van der Waals surface area contributed by atoms with E-state index in [1.807, 2.05) is 12.1 Å². The molecule has 29 heavy (non-hydrogen) atoms. The maximum Gasteiger partial charge on any atom is 0.387 e. The maximum atomic E-state index is 14.0. The van der Waals surface area contributed by atoms with Crippen molar-refractivity contribution < 1.29 is 22.3 Å². The highest BCUT2D eigenvalue weighted by molar-refractivity contribution is 5.64. The Balaban J connectivity index is 1.56. The van der Waals surface area contributed by atoms with Crippen LogP contribution in [0.4, 0.5) is 17.6 Å². The molecule has 1 unspecified atom stereocenters. The molecule has 0 bridgehead atoms. The van der Waals surface area contributed by atoms with Gasteiger partial charge in [0.05, 0.1) is 6.17 Å². The van der Waals surface area contributed by atoms with E-state index in [9.17, 15) is 17.6 Å². The molecular weight excluding hydrogens is 380 g/mol. The molecule has 1 aliphatic rings. The highest BCUT2D eigenvalue weighted by atomic mass is 19.3. The minimum atomic E-state index is -3.04. The van der Waals surface area contributed by atoms with Gasteiger partial charge in [0, 0.05) is 0 Å². The zero-order valence-electron chi connectivity index (χ0n) is 16.7. The molecule has 0 amide bonds. The van der Waals surface area contributed by atoms with Crippen LogP contribution in [0.25, 0.3) is 11.1 Å². The van der Waals surface area contributed by atoms with Gasteiger partial charge in [-0.2, -0.15) is 8.78 Å². The summed E-state index contributed by atoms with van der Waals surface area (Å²) in [5, 5.41) is 0. The molecule has 1 atom stereocenters. The molecule has 0 aliphatic heterocycles. The second kappa shape index (κ2) is 10.1. The fraction of sp³-hybridized carbons (Fsp3) is 0.500. The Morgan fingerprint density at radius 3 is 2.17 bits per heavy atom. The lowest BCUT2D eigenvalue weighted by Crippen LogP contribution is -2.13. The average molecular weight is 408 g/mol. The van der Waals surface area contributed by atoms with Crippen LogP contribution < -0.4 is 4.74 Å². The van der Waals surface area contributed by atoms with Gasteiger partial charge < -0.3 is 4.74 Å². The SMILES string of the molecule is CC(F)CCC[C@H]1CC[C@H](c2ccc(-c3ccc(OC(F)F)c(F)c3)cc2)CC1. The van der Waals surface area contributed by atoms with E-state index in [1.54, 1.807) is 13.0 Å². The van der Waals surface area contributed by atoms with Crippen molar-refractivity contribution in [1.29, 1.82) is 0 Å². The van der Waals surface area contributed by atoms with E-state index in [1.165, 1.54) is 30.5 Å². The van der Waals surface area contributed by atoms with Crippen molar-refractivity contribution in [2.45, 2.75) is 70.6 Å². The van der Waals surface area contributed by atoms with Gasteiger partial charge in [-0.1, -0.05) is 43.2 Å². The van der Waals surface area contributed by atoms with Gasteiger partial charge in [0.15, 0.2) is 11.6 Å². The standard InChI is InChI=1S/C24H28F4O/c1-16(25)3-2-4-17-5-7-18(8-6-17)19-9-11-20(12-10-19)21-13-14-23(22(26)15-21)29-24(27)28/h9-18,24H,2-8H2,1H3/t16?,17-,18-. The molecule has 0 radical (unpaired) electrons. The molecule has 2 aromatic rings. The smallest absolute Gasteiger partial charge is 0.387 e. The lowest BCUT2D eigenvalue weighted by Gasteiger charge is -2.29. The third-order valence-electron chi connectivity index (χ3n) is 5.92. The van der Waals surface area contributed by atoms with E-state index < -0.39 is 24.3 Å². The Morgan fingerprint density at radius 2 is 1.59 bits per heavy atom. The molecule has 0 N–H and O–H groups in total. The first kappa shape index (κ1) is 21.7. The predicted molar refractivity (Wildman–Crippen MR) is 108 cm³/mol. The zero-order chi connectivity index (χ0) is 20.8. The predicted octanol–water partition coefficient (Wildman–Crippen LogP) is 7.90. The quantitative estimate of drug-likeness (QED) is 0.403. The van der Waals surface area contributed by atoms with Crippen LogP contribution in [0, 0.1) is 11.7 Å². The Morgan fingerprint density at radius 1 is 0.931 bits per heavy atom. The molecule has 1 nitrogen and oxygen atoms in total. The van der Waals surface area contributed by atoms with Crippen LogP contribution in [0.1, 0.15) is 63.4 Å². The summed E-state index contributed by atoms with van der Waals surface area (Å²) in [6.45, 7) is -1.42. The first-order valence-corrected chi connectivity index (χ1v) is 10.4. The number of benzene rings is 2. The molecule has 0 saturated heterocycles. The molecule has 0 heterocycles. The summed E-state index contributed by atoms with van der Waals surface area (Å²) in [5.41, 5.74) is 2.74. The third kappa shape index (κ3) is 6.22. The molecule has 0 spiro atoms. The number of hydrogen-bond acceptors (Lipinski definition) is 1.